The van der Waals surface area contributed by atoms with Gasteiger partial charge in [0.25, 0.3) is 0 Å². The zero-order chi connectivity index (χ0) is 17.5. The molecular formula is C19H24N4O2. The van der Waals surface area contributed by atoms with Crippen molar-refractivity contribution in [3.05, 3.63) is 54.4 Å². The van der Waals surface area contributed by atoms with Crippen molar-refractivity contribution in [2.45, 2.75) is 19.3 Å². The van der Waals surface area contributed by atoms with E-state index in [1.165, 1.54) is 5.56 Å². The number of rotatable bonds is 7. The minimum absolute atomic E-state index is 0.00437. The zero-order valence-electron chi connectivity index (χ0n) is 14.3. The number of nitrogens with one attached hydrogen (secondary N) is 1. The number of carbonyl (C=O) groups is 1. The minimum Gasteiger partial charge on any atom is -0.396 e. The van der Waals surface area contributed by atoms with E-state index < -0.39 is 5.41 Å². The maximum atomic E-state index is 12.8. The number of carbonyl (C=O) groups excluding carboxylic acids is 1. The van der Waals surface area contributed by atoms with E-state index in [0.29, 0.717) is 31.9 Å². The molecule has 0 spiro atoms. The fraction of sp³-hybridized carbons (Fsp3) is 0.421. The smallest absolute Gasteiger partial charge is 0.228 e. The maximum absolute atomic E-state index is 12.8. The molecule has 1 aromatic heterocycles. The van der Waals surface area contributed by atoms with Crippen LogP contribution in [0, 0.1) is 5.41 Å². The Kier molecular flexibility index (Phi) is 5.60. The first-order valence-corrected chi connectivity index (χ1v) is 8.69. The summed E-state index contributed by atoms with van der Waals surface area (Å²) in [6, 6.07) is 11.9. The Morgan fingerprint density at radius 1 is 1.20 bits per heavy atom. The molecule has 1 amide bonds. The highest BCUT2D eigenvalue weighted by Crippen LogP contribution is 2.35. The van der Waals surface area contributed by atoms with Crippen LogP contribution in [0.2, 0.25) is 0 Å². The standard InChI is InChI=1S/C19H24N4O2/c24-14-9-19(8-13-23(15-19)18-21-10-4-11-22-18)17(25)20-12-7-16-5-2-1-3-6-16/h1-6,10-11,24H,7-9,12-15H2,(H,20,25). The molecule has 0 bridgehead atoms. The van der Waals surface area contributed by atoms with E-state index in [1.54, 1.807) is 18.5 Å². The number of aliphatic hydroxyl groups is 1. The van der Waals surface area contributed by atoms with Gasteiger partial charge in [-0.25, -0.2) is 9.97 Å². The molecule has 1 aliphatic heterocycles. The SMILES string of the molecule is O=C(NCCc1ccccc1)C1(CCO)CCN(c2ncccn2)C1. The summed E-state index contributed by atoms with van der Waals surface area (Å²) in [4.78, 5) is 23.4. The van der Waals surface area contributed by atoms with Gasteiger partial charge in [-0.15, -0.1) is 0 Å². The second-order valence-electron chi connectivity index (χ2n) is 6.47. The molecule has 3 rings (SSSR count). The molecule has 1 unspecified atom stereocenters. The van der Waals surface area contributed by atoms with Crippen molar-refractivity contribution in [3.8, 4) is 0 Å². The Morgan fingerprint density at radius 3 is 2.68 bits per heavy atom. The van der Waals surface area contributed by atoms with Gasteiger partial charge in [0.2, 0.25) is 11.9 Å². The summed E-state index contributed by atoms with van der Waals surface area (Å²) in [6.45, 7) is 1.85. The van der Waals surface area contributed by atoms with Crippen molar-refractivity contribution >= 4 is 11.9 Å². The lowest BCUT2D eigenvalue weighted by Gasteiger charge is -2.27. The van der Waals surface area contributed by atoms with Gasteiger partial charge in [-0.2, -0.15) is 0 Å². The first kappa shape index (κ1) is 17.4. The monoisotopic (exact) mass is 340 g/mol. The van der Waals surface area contributed by atoms with Gasteiger partial charge in [-0.3, -0.25) is 4.79 Å². The zero-order valence-corrected chi connectivity index (χ0v) is 14.3. The Balaban J connectivity index is 1.61. The van der Waals surface area contributed by atoms with E-state index in [2.05, 4.69) is 27.4 Å². The Bertz CT molecular complexity index is 680. The quantitative estimate of drug-likeness (QED) is 0.797. The molecule has 2 N–H and O–H groups in total. The number of anilines is 1. The Labute approximate surface area is 147 Å². The third-order valence-corrected chi connectivity index (χ3v) is 4.80. The third kappa shape index (κ3) is 4.14. The van der Waals surface area contributed by atoms with Gasteiger partial charge in [0.05, 0.1) is 5.41 Å². The normalized spacial score (nSPS) is 19.8. The van der Waals surface area contributed by atoms with Crippen LogP contribution in [0.4, 0.5) is 5.95 Å². The van der Waals surface area contributed by atoms with Crippen molar-refractivity contribution < 1.29 is 9.90 Å². The highest BCUT2D eigenvalue weighted by Gasteiger charge is 2.44. The van der Waals surface area contributed by atoms with E-state index >= 15 is 0 Å². The average molecular weight is 340 g/mol. The molecule has 132 valence electrons. The number of benzene rings is 1. The summed E-state index contributed by atoms with van der Waals surface area (Å²) in [5.74, 6) is 0.648. The van der Waals surface area contributed by atoms with Crippen LogP contribution in [0.15, 0.2) is 48.8 Å². The molecule has 1 atom stereocenters. The van der Waals surface area contributed by atoms with E-state index in [1.807, 2.05) is 23.1 Å². The van der Waals surface area contributed by atoms with Crippen molar-refractivity contribution in [2.75, 3.05) is 31.1 Å². The Hall–Kier alpha value is -2.47. The number of nitrogens with zero attached hydrogens (tertiary/aromatic N) is 3. The van der Waals surface area contributed by atoms with Gasteiger partial charge in [-0.1, -0.05) is 30.3 Å². The summed E-state index contributed by atoms with van der Waals surface area (Å²) >= 11 is 0. The minimum atomic E-state index is -0.579. The molecule has 6 heteroatoms. The van der Waals surface area contributed by atoms with Crippen LogP contribution in [0.5, 0.6) is 0 Å². The van der Waals surface area contributed by atoms with Crippen molar-refractivity contribution in [3.63, 3.8) is 0 Å². The van der Waals surface area contributed by atoms with E-state index in [4.69, 9.17) is 0 Å². The summed E-state index contributed by atoms with van der Waals surface area (Å²) < 4.78 is 0. The molecule has 0 saturated carbocycles. The topological polar surface area (TPSA) is 78.4 Å². The van der Waals surface area contributed by atoms with Crippen LogP contribution in [-0.4, -0.2) is 47.2 Å². The van der Waals surface area contributed by atoms with Gasteiger partial charge >= 0.3 is 0 Å². The molecule has 1 saturated heterocycles. The number of amides is 1. The fourth-order valence-electron chi connectivity index (χ4n) is 3.37. The second kappa shape index (κ2) is 8.07. The van der Waals surface area contributed by atoms with Crippen LogP contribution in [0.3, 0.4) is 0 Å². The van der Waals surface area contributed by atoms with Gasteiger partial charge in [0, 0.05) is 38.6 Å². The van der Waals surface area contributed by atoms with Gasteiger partial charge in [-0.05, 0) is 30.9 Å². The molecule has 25 heavy (non-hydrogen) atoms. The molecule has 1 aliphatic rings. The lowest BCUT2D eigenvalue weighted by atomic mass is 9.82. The molecule has 2 aromatic rings. The van der Waals surface area contributed by atoms with Crippen LogP contribution < -0.4 is 10.2 Å². The second-order valence-corrected chi connectivity index (χ2v) is 6.47. The third-order valence-electron chi connectivity index (χ3n) is 4.80. The van der Waals surface area contributed by atoms with Crippen LogP contribution in [-0.2, 0) is 11.2 Å². The van der Waals surface area contributed by atoms with Gasteiger partial charge in [0.1, 0.15) is 0 Å². The summed E-state index contributed by atoms with van der Waals surface area (Å²) in [6.07, 6.45) is 5.35. The average Bonchev–Trinajstić information content (AvgIpc) is 3.09. The lowest BCUT2D eigenvalue weighted by molar-refractivity contribution is -0.130. The molecule has 1 fully saturated rings. The van der Waals surface area contributed by atoms with Gasteiger partial charge in [0.15, 0.2) is 0 Å². The molecule has 0 aliphatic carbocycles. The highest BCUT2D eigenvalue weighted by molar-refractivity contribution is 5.84. The highest BCUT2D eigenvalue weighted by atomic mass is 16.3. The van der Waals surface area contributed by atoms with Crippen molar-refractivity contribution in [2.24, 2.45) is 5.41 Å². The Morgan fingerprint density at radius 2 is 1.96 bits per heavy atom. The number of hydrogen-bond donors (Lipinski definition) is 2. The van der Waals surface area contributed by atoms with Crippen molar-refractivity contribution in [1.29, 1.82) is 0 Å². The number of hydrogen-bond acceptors (Lipinski definition) is 5. The molecule has 2 heterocycles. The molecule has 0 radical (unpaired) electrons. The maximum Gasteiger partial charge on any atom is 0.228 e. The van der Waals surface area contributed by atoms with Crippen LogP contribution in [0.25, 0.3) is 0 Å². The van der Waals surface area contributed by atoms with Crippen LogP contribution >= 0.6 is 0 Å². The summed E-state index contributed by atoms with van der Waals surface area (Å²) in [5.41, 5.74) is 0.620. The van der Waals surface area contributed by atoms with E-state index in [-0.39, 0.29) is 12.5 Å². The molecule has 1 aromatic carbocycles. The van der Waals surface area contributed by atoms with Crippen molar-refractivity contribution in [1.82, 2.24) is 15.3 Å². The van der Waals surface area contributed by atoms with Gasteiger partial charge < -0.3 is 15.3 Å². The first-order valence-electron chi connectivity index (χ1n) is 8.69. The predicted octanol–water partition coefficient (Wildman–Crippen LogP) is 1.41. The lowest BCUT2D eigenvalue weighted by Crippen LogP contribution is -2.44. The predicted molar refractivity (Wildman–Crippen MR) is 96.2 cm³/mol. The number of aliphatic hydroxyl groups excluding tert-OH is 1. The number of aromatic nitrogens is 2. The summed E-state index contributed by atoms with van der Waals surface area (Å²) in [7, 11) is 0. The molecular weight excluding hydrogens is 316 g/mol. The first-order chi connectivity index (χ1) is 12.2. The largest absolute Gasteiger partial charge is 0.396 e. The van der Waals surface area contributed by atoms with E-state index in [9.17, 15) is 9.90 Å². The van der Waals surface area contributed by atoms with E-state index in [0.717, 1.165) is 13.0 Å². The fourth-order valence-corrected chi connectivity index (χ4v) is 3.37. The van der Waals surface area contributed by atoms with Crippen LogP contribution in [0.1, 0.15) is 18.4 Å². The summed E-state index contributed by atoms with van der Waals surface area (Å²) in [5, 5.41) is 12.5. The molecule has 6 nitrogen and oxygen atoms in total.